The van der Waals surface area contributed by atoms with Crippen molar-refractivity contribution in [3.63, 3.8) is 0 Å². The van der Waals surface area contributed by atoms with Gasteiger partial charge in [0.2, 0.25) is 0 Å². The number of rotatable bonds is 7. The number of nitrogens with zero attached hydrogens (tertiary/aromatic N) is 5. The molecule has 0 radical (unpaired) electrons. The van der Waals surface area contributed by atoms with Crippen molar-refractivity contribution in [2.45, 2.75) is 45.6 Å². The molecular formula is C21H26FN5O. The molecule has 4 rings (SSSR count). The molecule has 1 aromatic carbocycles. The number of halogens is 1. The van der Waals surface area contributed by atoms with Gasteiger partial charge >= 0.3 is 0 Å². The van der Waals surface area contributed by atoms with Crippen LogP contribution in [0.1, 0.15) is 43.1 Å². The normalized spacial score (nSPS) is 15.2. The van der Waals surface area contributed by atoms with Gasteiger partial charge in [-0.25, -0.2) is 14.1 Å². The van der Waals surface area contributed by atoms with Gasteiger partial charge in [0, 0.05) is 18.5 Å². The zero-order chi connectivity index (χ0) is 19.3. The molecule has 7 heteroatoms. The summed E-state index contributed by atoms with van der Waals surface area (Å²) < 4.78 is 21.2. The molecular weight excluding hydrogens is 357 g/mol. The summed E-state index contributed by atoms with van der Waals surface area (Å²) in [6.45, 7) is 5.99. The van der Waals surface area contributed by atoms with Crippen LogP contribution in [0.25, 0.3) is 11.5 Å². The molecule has 0 bridgehead atoms. The summed E-state index contributed by atoms with van der Waals surface area (Å²) in [7, 11) is 0. The molecule has 0 aliphatic carbocycles. The smallest absolute Gasteiger partial charge is 0.180 e. The number of aryl methyl sites for hydroxylation is 1. The van der Waals surface area contributed by atoms with E-state index in [-0.39, 0.29) is 5.82 Å². The van der Waals surface area contributed by atoms with Crippen LogP contribution in [0.3, 0.4) is 0 Å². The quantitative estimate of drug-likeness (QED) is 0.622. The molecule has 0 unspecified atom stereocenters. The Morgan fingerprint density at radius 2 is 1.89 bits per heavy atom. The topological polar surface area (TPSA) is 60.0 Å². The third kappa shape index (κ3) is 4.14. The molecule has 0 atom stereocenters. The van der Waals surface area contributed by atoms with Crippen molar-refractivity contribution < 1.29 is 8.91 Å². The van der Waals surface area contributed by atoms with Crippen LogP contribution in [0, 0.1) is 5.82 Å². The molecule has 1 fully saturated rings. The Labute approximate surface area is 164 Å². The van der Waals surface area contributed by atoms with E-state index in [0.29, 0.717) is 23.6 Å². The molecule has 0 spiro atoms. The first-order valence-electron chi connectivity index (χ1n) is 10.1. The molecule has 0 saturated carbocycles. The molecule has 28 heavy (non-hydrogen) atoms. The van der Waals surface area contributed by atoms with Gasteiger partial charge in [0.15, 0.2) is 17.3 Å². The maximum Gasteiger partial charge on any atom is 0.180 e. The third-order valence-corrected chi connectivity index (χ3v) is 5.33. The Kier molecular flexibility index (Phi) is 5.81. The molecule has 0 N–H and O–H groups in total. The summed E-state index contributed by atoms with van der Waals surface area (Å²) in [6.07, 6.45) is 6.65. The lowest BCUT2D eigenvalue weighted by molar-refractivity contribution is 0.218. The summed E-state index contributed by atoms with van der Waals surface area (Å²) in [5.41, 5.74) is 2.33. The number of likely N-dealkylation sites (tertiary alicyclic amines) is 1. The van der Waals surface area contributed by atoms with Gasteiger partial charge < -0.3 is 9.42 Å². The predicted octanol–water partition coefficient (Wildman–Crippen LogP) is 3.71. The van der Waals surface area contributed by atoms with E-state index in [2.05, 4.69) is 17.0 Å². The lowest BCUT2D eigenvalue weighted by Crippen LogP contribution is -2.32. The molecule has 3 aromatic rings. The van der Waals surface area contributed by atoms with Crippen LogP contribution in [-0.4, -0.2) is 44.5 Å². The maximum absolute atomic E-state index is 14.1. The number of piperidine rings is 1. The molecule has 1 aliphatic heterocycles. The SMILES string of the molecule is CCc1conc1-c1nc(Cc2ccccc2F)nn1CCN1CCCCC1. The minimum Gasteiger partial charge on any atom is -0.364 e. The first-order valence-corrected chi connectivity index (χ1v) is 10.1. The van der Waals surface area contributed by atoms with Gasteiger partial charge in [0.25, 0.3) is 0 Å². The van der Waals surface area contributed by atoms with Gasteiger partial charge in [-0.3, -0.25) is 0 Å². The van der Waals surface area contributed by atoms with E-state index in [1.165, 1.54) is 25.3 Å². The van der Waals surface area contributed by atoms with Crippen LogP contribution >= 0.6 is 0 Å². The fourth-order valence-corrected chi connectivity index (χ4v) is 3.72. The minimum absolute atomic E-state index is 0.232. The second-order valence-corrected chi connectivity index (χ2v) is 7.29. The van der Waals surface area contributed by atoms with Crippen LogP contribution in [-0.2, 0) is 19.4 Å². The fraction of sp³-hybridized carbons (Fsp3) is 0.476. The van der Waals surface area contributed by atoms with Crippen LogP contribution in [0.15, 0.2) is 35.1 Å². The largest absolute Gasteiger partial charge is 0.364 e. The lowest BCUT2D eigenvalue weighted by atomic mass is 10.1. The average Bonchev–Trinajstić information content (AvgIpc) is 3.35. The molecule has 148 valence electrons. The molecule has 2 aromatic heterocycles. The number of hydrogen-bond acceptors (Lipinski definition) is 5. The Morgan fingerprint density at radius 3 is 2.68 bits per heavy atom. The first-order chi connectivity index (χ1) is 13.7. The van der Waals surface area contributed by atoms with E-state index in [0.717, 1.165) is 43.9 Å². The van der Waals surface area contributed by atoms with E-state index < -0.39 is 0 Å². The zero-order valence-electron chi connectivity index (χ0n) is 16.3. The van der Waals surface area contributed by atoms with Crippen molar-refractivity contribution in [3.05, 3.63) is 53.3 Å². The van der Waals surface area contributed by atoms with Gasteiger partial charge in [0.05, 0.1) is 6.54 Å². The van der Waals surface area contributed by atoms with Gasteiger partial charge in [-0.2, -0.15) is 5.10 Å². The molecule has 0 amide bonds. The second kappa shape index (κ2) is 8.65. The summed E-state index contributed by atoms with van der Waals surface area (Å²) >= 11 is 0. The summed E-state index contributed by atoms with van der Waals surface area (Å²) in [4.78, 5) is 7.17. The maximum atomic E-state index is 14.1. The minimum atomic E-state index is -0.232. The zero-order valence-corrected chi connectivity index (χ0v) is 16.3. The van der Waals surface area contributed by atoms with E-state index in [4.69, 9.17) is 14.6 Å². The van der Waals surface area contributed by atoms with E-state index >= 15 is 0 Å². The number of hydrogen-bond donors (Lipinski definition) is 0. The molecule has 6 nitrogen and oxygen atoms in total. The summed E-state index contributed by atoms with van der Waals surface area (Å²) in [6, 6.07) is 6.77. The van der Waals surface area contributed by atoms with Gasteiger partial charge in [-0.1, -0.05) is 36.7 Å². The Balaban J connectivity index is 1.60. The van der Waals surface area contributed by atoms with Crippen LogP contribution in [0.4, 0.5) is 4.39 Å². The van der Waals surface area contributed by atoms with Crippen LogP contribution < -0.4 is 0 Å². The Hall–Kier alpha value is -2.54. The van der Waals surface area contributed by atoms with Crippen molar-refractivity contribution in [3.8, 4) is 11.5 Å². The summed E-state index contributed by atoms with van der Waals surface area (Å²) in [5.74, 6) is 1.07. The molecule has 3 heterocycles. The highest BCUT2D eigenvalue weighted by molar-refractivity contribution is 5.53. The van der Waals surface area contributed by atoms with Crippen molar-refractivity contribution in [2.75, 3.05) is 19.6 Å². The van der Waals surface area contributed by atoms with E-state index in [9.17, 15) is 4.39 Å². The molecule has 1 saturated heterocycles. The number of benzene rings is 1. The standard InChI is InChI=1S/C21H26FN5O/c1-2-16-15-28-25-20(16)21-23-19(14-17-8-4-5-9-18(17)22)24-27(21)13-12-26-10-6-3-7-11-26/h4-5,8-9,15H,2-3,6-7,10-14H2,1H3. The number of aromatic nitrogens is 4. The van der Waals surface area contributed by atoms with E-state index in [1.54, 1.807) is 18.4 Å². The highest BCUT2D eigenvalue weighted by Crippen LogP contribution is 2.22. The highest BCUT2D eigenvalue weighted by atomic mass is 19.1. The lowest BCUT2D eigenvalue weighted by Gasteiger charge is -2.26. The van der Waals surface area contributed by atoms with Crippen molar-refractivity contribution in [2.24, 2.45) is 0 Å². The first kappa shape index (κ1) is 18.8. The molecule has 1 aliphatic rings. The monoisotopic (exact) mass is 383 g/mol. The summed E-state index contributed by atoms with van der Waals surface area (Å²) in [5, 5.41) is 8.86. The van der Waals surface area contributed by atoms with Crippen LogP contribution in [0.5, 0.6) is 0 Å². The van der Waals surface area contributed by atoms with Crippen LogP contribution in [0.2, 0.25) is 0 Å². The van der Waals surface area contributed by atoms with Gasteiger partial charge in [-0.15, -0.1) is 0 Å². The van der Waals surface area contributed by atoms with Crippen molar-refractivity contribution in [1.82, 2.24) is 24.8 Å². The fourth-order valence-electron chi connectivity index (χ4n) is 3.72. The Morgan fingerprint density at radius 1 is 1.07 bits per heavy atom. The second-order valence-electron chi connectivity index (χ2n) is 7.29. The third-order valence-electron chi connectivity index (χ3n) is 5.33. The van der Waals surface area contributed by atoms with Crippen molar-refractivity contribution >= 4 is 0 Å². The van der Waals surface area contributed by atoms with Gasteiger partial charge in [0.1, 0.15) is 12.1 Å². The van der Waals surface area contributed by atoms with Gasteiger partial charge in [-0.05, 0) is 44.0 Å². The predicted molar refractivity (Wildman–Crippen MR) is 104 cm³/mol. The van der Waals surface area contributed by atoms with Crippen molar-refractivity contribution in [1.29, 1.82) is 0 Å². The Bertz CT molecular complexity index is 913. The average molecular weight is 383 g/mol. The van der Waals surface area contributed by atoms with E-state index in [1.807, 2.05) is 10.7 Å². The highest BCUT2D eigenvalue weighted by Gasteiger charge is 2.20.